The second-order valence-corrected chi connectivity index (χ2v) is 8.70. The number of hydrogen-bond donors (Lipinski definition) is 2. The molecule has 0 aromatic heterocycles. The molecular formula is C23H29ClN4O3. The first-order valence-corrected chi connectivity index (χ1v) is 11.3. The number of benzene rings is 1. The van der Waals surface area contributed by atoms with Gasteiger partial charge in [0.05, 0.1) is 25.5 Å². The average Bonchev–Trinajstić information content (AvgIpc) is 3.44. The van der Waals surface area contributed by atoms with E-state index in [2.05, 4.69) is 27.8 Å². The van der Waals surface area contributed by atoms with E-state index in [1.165, 1.54) is 4.90 Å². The molecule has 4 atom stereocenters. The molecular weight excluding hydrogens is 416 g/mol. The molecule has 1 aromatic carbocycles. The molecule has 2 amide bonds. The molecule has 1 aromatic rings. The van der Waals surface area contributed by atoms with Crippen LogP contribution in [0.15, 0.2) is 35.3 Å². The molecule has 2 bridgehead atoms. The van der Waals surface area contributed by atoms with Gasteiger partial charge in [0.25, 0.3) is 0 Å². The summed E-state index contributed by atoms with van der Waals surface area (Å²) in [5, 5.41) is 7.12. The van der Waals surface area contributed by atoms with Gasteiger partial charge in [-0.25, -0.2) is 4.99 Å². The van der Waals surface area contributed by atoms with Gasteiger partial charge in [0.1, 0.15) is 5.75 Å². The van der Waals surface area contributed by atoms with E-state index in [9.17, 15) is 9.59 Å². The van der Waals surface area contributed by atoms with Crippen molar-refractivity contribution in [2.75, 3.05) is 26.7 Å². The van der Waals surface area contributed by atoms with E-state index in [1.54, 1.807) is 13.2 Å². The number of hydrogen-bond acceptors (Lipinski definition) is 4. The minimum Gasteiger partial charge on any atom is -0.496 e. The Balaban J connectivity index is 1.29. The van der Waals surface area contributed by atoms with Crippen molar-refractivity contribution >= 4 is 29.4 Å². The lowest BCUT2D eigenvalue weighted by molar-refractivity contribution is -0.140. The Morgan fingerprint density at radius 2 is 1.90 bits per heavy atom. The molecule has 4 unspecified atom stereocenters. The lowest BCUT2D eigenvalue weighted by atomic mass is 9.85. The Hall–Kier alpha value is -2.54. The second-order valence-electron chi connectivity index (χ2n) is 8.26. The molecule has 1 aliphatic heterocycles. The maximum Gasteiger partial charge on any atom is 0.233 e. The second kappa shape index (κ2) is 9.30. The zero-order chi connectivity index (χ0) is 22.0. The van der Waals surface area contributed by atoms with E-state index >= 15 is 0 Å². The largest absolute Gasteiger partial charge is 0.496 e. The maximum absolute atomic E-state index is 12.8. The van der Waals surface area contributed by atoms with Gasteiger partial charge in [-0.3, -0.25) is 14.5 Å². The van der Waals surface area contributed by atoms with Crippen LogP contribution >= 0.6 is 11.6 Å². The first kappa shape index (κ1) is 21.7. The van der Waals surface area contributed by atoms with Crippen LogP contribution in [0, 0.1) is 23.7 Å². The first-order valence-electron chi connectivity index (χ1n) is 10.9. The number of carbonyl (C=O) groups excluding carboxylic acids is 2. The van der Waals surface area contributed by atoms with Crippen molar-refractivity contribution in [3.63, 3.8) is 0 Å². The third-order valence-electron chi connectivity index (χ3n) is 6.41. The number of methoxy groups -OCH3 is 1. The molecule has 166 valence electrons. The van der Waals surface area contributed by atoms with Gasteiger partial charge in [0.15, 0.2) is 5.96 Å². The highest BCUT2D eigenvalue weighted by molar-refractivity contribution is 6.30. The quantitative estimate of drug-likeness (QED) is 0.212. The molecule has 2 fully saturated rings. The number of guanidine groups is 1. The van der Waals surface area contributed by atoms with Crippen LogP contribution in [-0.2, 0) is 16.1 Å². The smallest absolute Gasteiger partial charge is 0.233 e. The number of rotatable bonds is 8. The van der Waals surface area contributed by atoms with E-state index in [-0.39, 0.29) is 35.5 Å². The number of amides is 2. The van der Waals surface area contributed by atoms with Gasteiger partial charge >= 0.3 is 0 Å². The van der Waals surface area contributed by atoms with Gasteiger partial charge in [-0.05, 0) is 43.7 Å². The molecule has 31 heavy (non-hydrogen) atoms. The molecule has 1 saturated carbocycles. The summed E-state index contributed by atoms with van der Waals surface area (Å²) in [6, 6.07) is 5.49. The number of allylic oxidation sites excluding steroid dienone is 2. The summed E-state index contributed by atoms with van der Waals surface area (Å²) in [7, 11) is 1.61. The number of fused-ring (bicyclic) bond motifs is 5. The Bertz CT molecular complexity index is 886. The highest BCUT2D eigenvalue weighted by atomic mass is 35.5. The summed E-state index contributed by atoms with van der Waals surface area (Å²) < 4.78 is 5.38. The van der Waals surface area contributed by atoms with Crippen LogP contribution in [0.25, 0.3) is 0 Å². The summed E-state index contributed by atoms with van der Waals surface area (Å²) in [4.78, 5) is 31.6. The summed E-state index contributed by atoms with van der Waals surface area (Å²) in [6.45, 7) is 4.23. The first-order chi connectivity index (χ1) is 15.0. The van der Waals surface area contributed by atoms with Gasteiger partial charge < -0.3 is 15.4 Å². The van der Waals surface area contributed by atoms with Crippen molar-refractivity contribution in [1.29, 1.82) is 0 Å². The predicted octanol–water partition coefficient (Wildman–Crippen LogP) is 2.60. The molecule has 7 nitrogen and oxygen atoms in total. The zero-order valence-electron chi connectivity index (χ0n) is 17.9. The van der Waals surface area contributed by atoms with Crippen molar-refractivity contribution in [3.05, 3.63) is 40.9 Å². The number of halogens is 1. The Labute approximate surface area is 187 Å². The van der Waals surface area contributed by atoms with Gasteiger partial charge in [0.2, 0.25) is 11.8 Å². The number of likely N-dealkylation sites (tertiary alicyclic amines) is 1. The van der Waals surface area contributed by atoms with Crippen molar-refractivity contribution in [3.8, 4) is 5.75 Å². The van der Waals surface area contributed by atoms with E-state index in [0.717, 1.165) is 18.5 Å². The van der Waals surface area contributed by atoms with Gasteiger partial charge in [0, 0.05) is 30.2 Å². The highest BCUT2D eigenvalue weighted by Gasteiger charge is 2.58. The van der Waals surface area contributed by atoms with Crippen LogP contribution in [0.4, 0.5) is 0 Å². The SMILES string of the molecule is CCNC(=NCc1ccc(Cl)cc1OC)NCCCN1C(=O)C2C3C=CC(C3)C2C1=O. The minimum atomic E-state index is -0.122. The summed E-state index contributed by atoms with van der Waals surface area (Å²) in [5.41, 5.74) is 0.937. The van der Waals surface area contributed by atoms with Crippen molar-refractivity contribution < 1.29 is 14.3 Å². The standard InChI is InChI=1S/C23H29ClN4O3/c1-3-25-23(27-13-16-7-8-17(24)12-18(16)31-2)26-9-4-10-28-21(29)19-14-5-6-15(11-14)20(19)22(28)30/h5-8,12,14-15,19-20H,3-4,9-11,13H2,1-2H3,(H2,25,26,27). The zero-order valence-corrected chi connectivity index (χ0v) is 18.7. The maximum atomic E-state index is 12.8. The number of imide groups is 1. The number of carbonyl (C=O) groups is 2. The van der Waals surface area contributed by atoms with E-state index in [1.807, 2.05) is 19.1 Å². The third kappa shape index (κ3) is 4.28. The molecule has 0 radical (unpaired) electrons. The monoisotopic (exact) mass is 444 g/mol. The summed E-state index contributed by atoms with van der Waals surface area (Å²) in [6.07, 6.45) is 5.88. The lowest BCUT2D eigenvalue weighted by Gasteiger charge is -2.18. The van der Waals surface area contributed by atoms with E-state index < -0.39 is 0 Å². The summed E-state index contributed by atoms with van der Waals surface area (Å²) in [5.74, 6) is 1.68. The Morgan fingerprint density at radius 3 is 2.55 bits per heavy atom. The molecule has 1 saturated heterocycles. The minimum absolute atomic E-state index is 0.0160. The highest BCUT2D eigenvalue weighted by Crippen LogP contribution is 2.52. The molecule has 8 heteroatoms. The number of aliphatic imine (C=N–C) groups is 1. The topological polar surface area (TPSA) is 83.0 Å². The van der Waals surface area contributed by atoms with Crippen molar-refractivity contribution in [2.45, 2.75) is 26.3 Å². The molecule has 2 aliphatic carbocycles. The van der Waals surface area contributed by atoms with Crippen molar-refractivity contribution in [2.24, 2.45) is 28.7 Å². The average molecular weight is 445 g/mol. The van der Waals surface area contributed by atoms with Crippen LogP contribution in [0.2, 0.25) is 5.02 Å². The van der Waals surface area contributed by atoms with Gasteiger partial charge in [-0.15, -0.1) is 0 Å². The number of nitrogens with one attached hydrogen (secondary N) is 2. The van der Waals surface area contributed by atoms with E-state index in [0.29, 0.717) is 42.8 Å². The number of nitrogens with zero attached hydrogens (tertiary/aromatic N) is 2. The Morgan fingerprint density at radius 1 is 1.19 bits per heavy atom. The van der Waals surface area contributed by atoms with Crippen LogP contribution in [0.1, 0.15) is 25.3 Å². The molecule has 4 rings (SSSR count). The fraction of sp³-hybridized carbons (Fsp3) is 0.522. The lowest BCUT2D eigenvalue weighted by Crippen LogP contribution is -2.40. The predicted molar refractivity (Wildman–Crippen MR) is 120 cm³/mol. The van der Waals surface area contributed by atoms with Crippen LogP contribution in [-0.4, -0.2) is 49.4 Å². The molecule has 1 heterocycles. The fourth-order valence-corrected chi connectivity index (χ4v) is 5.15. The Kier molecular flexibility index (Phi) is 6.51. The van der Waals surface area contributed by atoms with Crippen LogP contribution < -0.4 is 15.4 Å². The molecule has 3 aliphatic rings. The van der Waals surface area contributed by atoms with Gasteiger partial charge in [-0.1, -0.05) is 29.8 Å². The van der Waals surface area contributed by atoms with Crippen molar-refractivity contribution in [1.82, 2.24) is 15.5 Å². The number of ether oxygens (including phenoxy) is 1. The normalized spacial score (nSPS) is 26.5. The third-order valence-corrected chi connectivity index (χ3v) is 6.65. The molecule has 0 spiro atoms. The van der Waals surface area contributed by atoms with E-state index in [4.69, 9.17) is 16.3 Å². The van der Waals surface area contributed by atoms with Gasteiger partial charge in [-0.2, -0.15) is 0 Å². The van der Waals surface area contributed by atoms with Crippen LogP contribution in [0.3, 0.4) is 0 Å². The fourth-order valence-electron chi connectivity index (χ4n) is 4.98. The molecule has 2 N–H and O–H groups in total. The van der Waals surface area contributed by atoms with Crippen LogP contribution in [0.5, 0.6) is 5.75 Å². The summed E-state index contributed by atoms with van der Waals surface area (Å²) >= 11 is 6.02.